The molecule has 0 bridgehead atoms. The Morgan fingerprint density at radius 1 is 0.333 bits per heavy atom. The van der Waals surface area contributed by atoms with Crippen molar-refractivity contribution in [2.24, 2.45) is 0 Å². The first-order valence-corrected chi connectivity index (χ1v) is 7.02. The van der Waals surface area contributed by atoms with E-state index in [-0.39, 0.29) is 0 Å². The highest BCUT2D eigenvalue weighted by Crippen LogP contribution is 1.79. The Bertz CT molecular complexity index is 142. The molecule has 0 aromatic heterocycles. The van der Waals surface area contributed by atoms with Crippen molar-refractivity contribution in [3.05, 3.63) is 0 Å². The molecule has 0 aromatic carbocycles. The van der Waals surface area contributed by atoms with E-state index < -0.39 is 0 Å². The third kappa shape index (κ3) is 28.6. The normalized spacial score (nSPS) is 10.3. The molecule has 0 aliphatic carbocycles. The Morgan fingerprint density at radius 2 is 0.524 bits per heavy atom. The first-order chi connectivity index (χ1) is 10.3. The average Bonchev–Trinajstić information content (AvgIpc) is 2.51. The molecule has 0 saturated heterocycles. The van der Waals surface area contributed by atoms with Crippen molar-refractivity contribution in [2.45, 2.75) is 0 Å². The molecule has 0 unspecified atom stereocenters. The molecule has 130 valence electrons. The third-order valence-electron chi connectivity index (χ3n) is 2.10. The zero-order chi connectivity index (χ0) is 16.0. The Hall–Kier alpha value is -0.280. The largest absolute Gasteiger partial charge is 0.382 e. The molecular weight excluding hydrogens is 280 g/mol. The van der Waals surface area contributed by atoms with E-state index in [9.17, 15) is 0 Å². The molecule has 21 heavy (non-hydrogen) atoms. The van der Waals surface area contributed by atoms with E-state index in [1.165, 1.54) is 0 Å². The molecule has 0 amide bonds. The quantitative estimate of drug-likeness (QED) is 0.410. The lowest BCUT2D eigenvalue weighted by Gasteiger charge is -2.04. The highest BCUT2D eigenvalue weighted by molar-refractivity contribution is 4.32. The predicted molar refractivity (Wildman–Crippen MR) is 80.0 cm³/mol. The summed E-state index contributed by atoms with van der Waals surface area (Å²) in [6.45, 7) is 6.39. The minimum absolute atomic E-state index is 0.618. The summed E-state index contributed by atoms with van der Waals surface area (Å²) in [5, 5.41) is 0. The van der Waals surface area contributed by atoms with E-state index >= 15 is 0 Å². The fourth-order valence-electron chi connectivity index (χ4n) is 0.993. The maximum Gasteiger partial charge on any atom is 0.0701 e. The molecule has 0 aliphatic rings. The standard InChI is InChI=1S/C8H18O4.C6H14O3/c1-9-3-5-11-7-8-12-6-4-10-2;1-7-3-5-9-6-4-8-2/h3-8H2,1-2H3;3-6H2,1-2H3. The second-order valence-electron chi connectivity index (χ2n) is 3.81. The van der Waals surface area contributed by atoms with Gasteiger partial charge in [0.05, 0.1) is 66.1 Å². The summed E-state index contributed by atoms with van der Waals surface area (Å²) in [7, 11) is 6.61. The summed E-state index contributed by atoms with van der Waals surface area (Å²) >= 11 is 0. The molecule has 0 aliphatic heterocycles. The van der Waals surface area contributed by atoms with Crippen molar-refractivity contribution < 1.29 is 33.2 Å². The Kier molecular flexibility index (Phi) is 27.1. The molecule has 0 aromatic rings. The van der Waals surface area contributed by atoms with Gasteiger partial charge in [-0.1, -0.05) is 0 Å². The van der Waals surface area contributed by atoms with Crippen molar-refractivity contribution >= 4 is 0 Å². The zero-order valence-electron chi connectivity index (χ0n) is 13.9. The maximum absolute atomic E-state index is 5.16. The molecule has 7 heteroatoms. The van der Waals surface area contributed by atoms with Gasteiger partial charge in [0.1, 0.15) is 0 Å². The molecule has 7 nitrogen and oxygen atoms in total. The van der Waals surface area contributed by atoms with Gasteiger partial charge in [0.25, 0.3) is 0 Å². The van der Waals surface area contributed by atoms with Gasteiger partial charge in [-0.25, -0.2) is 0 Å². The van der Waals surface area contributed by atoms with Crippen molar-refractivity contribution in [2.75, 3.05) is 94.5 Å². The van der Waals surface area contributed by atoms with Crippen molar-refractivity contribution in [3.8, 4) is 0 Å². The second kappa shape index (κ2) is 24.7. The van der Waals surface area contributed by atoms with E-state index in [0.29, 0.717) is 66.1 Å². The van der Waals surface area contributed by atoms with E-state index in [2.05, 4.69) is 0 Å². The van der Waals surface area contributed by atoms with Crippen LogP contribution < -0.4 is 0 Å². The van der Waals surface area contributed by atoms with E-state index in [1.807, 2.05) is 0 Å². The second-order valence-corrected chi connectivity index (χ2v) is 3.81. The number of hydrogen-bond acceptors (Lipinski definition) is 7. The molecule has 0 heterocycles. The van der Waals surface area contributed by atoms with Crippen molar-refractivity contribution in [1.82, 2.24) is 0 Å². The van der Waals surface area contributed by atoms with Crippen LogP contribution in [0.1, 0.15) is 0 Å². The van der Waals surface area contributed by atoms with Crippen LogP contribution in [0.25, 0.3) is 0 Å². The molecule has 0 saturated carbocycles. The van der Waals surface area contributed by atoms with E-state index in [0.717, 1.165) is 0 Å². The SMILES string of the molecule is COCCOCCOC.COCCOCCOCCOC. The van der Waals surface area contributed by atoms with Crippen LogP contribution in [0.15, 0.2) is 0 Å². The topological polar surface area (TPSA) is 64.6 Å². The van der Waals surface area contributed by atoms with Gasteiger partial charge < -0.3 is 33.2 Å². The number of methoxy groups -OCH3 is 4. The van der Waals surface area contributed by atoms with Crippen molar-refractivity contribution in [3.63, 3.8) is 0 Å². The average molecular weight is 312 g/mol. The summed E-state index contributed by atoms with van der Waals surface area (Å²) in [6.07, 6.45) is 0. The van der Waals surface area contributed by atoms with Gasteiger partial charge in [-0.05, 0) is 0 Å². The maximum atomic E-state index is 5.16. The molecule has 0 radical (unpaired) electrons. The van der Waals surface area contributed by atoms with E-state index in [1.54, 1.807) is 28.4 Å². The lowest BCUT2D eigenvalue weighted by Crippen LogP contribution is -2.10. The fourth-order valence-corrected chi connectivity index (χ4v) is 0.993. The summed E-state index contributed by atoms with van der Waals surface area (Å²) < 4.78 is 34.5. The van der Waals surface area contributed by atoms with Gasteiger partial charge in [0.15, 0.2) is 0 Å². The smallest absolute Gasteiger partial charge is 0.0701 e. The van der Waals surface area contributed by atoms with Crippen LogP contribution in [-0.4, -0.2) is 94.5 Å². The van der Waals surface area contributed by atoms with Crippen molar-refractivity contribution in [1.29, 1.82) is 0 Å². The third-order valence-corrected chi connectivity index (χ3v) is 2.10. The molecule has 0 atom stereocenters. The van der Waals surface area contributed by atoms with Crippen LogP contribution in [0, 0.1) is 0 Å². The number of rotatable bonds is 15. The van der Waals surface area contributed by atoms with Gasteiger partial charge in [0.2, 0.25) is 0 Å². The summed E-state index contributed by atoms with van der Waals surface area (Å²) in [5.74, 6) is 0. The summed E-state index contributed by atoms with van der Waals surface area (Å²) in [6, 6.07) is 0. The minimum Gasteiger partial charge on any atom is -0.382 e. The Balaban J connectivity index is 0. The minimum atomic E-state index is 0.618. The highest BCUT2D eigenvalue weighted by Gasteiger charge is 1.89. The molecule has 0 rings (SSSR count). The first kappa shape index (κ1) is 23.0. The van der Waals surface area contributed by atoms with Crippen LogP contribution in [-0.2, 0) is 33.2 Å². The van der Waals surface area contributed by atoms with Crippen LogP contribution in [0.2, 0.25) is 0 Å². The van der Waals surface area contributed by atoms with Crippen LogP contribution in [0.5, 0.6) is 0 Å². The summed E-state index contributed by atoms with van der Waals surface area (Å²) in [5.41, 5.74) is 0. The fraction of sp³-hybridized carbons (Fsp3) is 1.00. The number of hydrogen-bond donors (Lipinski definition) is 0. The lowest BCUT2D eigenvalue weighted by molar-refractivity contribution is 0.0106. The highest BCUT2D eigenvalue weighted by atomic mass is 16.6. The Labute approximate surface area is 128 Å². The van der Waals surface area contributed by atoms with Gasteiger partial charge in [0, 0.05) is 28.4 Å². The van der Waals surface area contributed by atoms with Gasteiger partial charge >= 0.3 is 0 Å². The molecule has 0 fully saturated rings. The molecule has 0 N–H and O–H groups in total. The van der Waals surface area contributed by atoms with Crippen LogP contribution in [0.3, 0.4) is 0 Å². The first-order valence-electron chi connectivity index (χ1n) is 7.02. The molecule has 0 spiro atoms. The lowest BCUT2D eigenvalue weighted by atomic mass is 10.7. The monoisotopic (exact) mass is 312 g/mol. The van der Waals surface area contributed by atoms with E-state index in [4.69, 9.17) is 33.2 Å². The summed E-state index contributed by atoms with van der Waals surface area (Å²) in [4.78, 5) is 0. The van der Waals surface area contributed by atoms with Gasteiger partial charge in [-0.15, -0.1) is 0 Å². The Morgan fingerprint density at radius 3 is 0.714 bits per heavy atom. The van der Waals surface area contributed by atoms with Crippen LogP contribution in [0.4, 0.5) is 0 Å². The predicted octanol–water partition coefficient (Wildman–Crippen LogP) is 0.608. The van der Waals surface area contributed by atoms with Gasteiger partial charge in [-0.2, -0.15) is 0 Å². The molecular formula is C14H32O7. The van der Waals surface area contributed by atoms with Gasteiger partial charge in [-0.3, -0.25) is 0 Å². The van der Waals surface area contributed by atoms with Crippen LogP contribution >= 0.6 is 0 Å². The zero-order valence-corrected chi connectivity index (χ0v) is 13.9. The number of ether oxygens (including phenoxy) is 7.